The zero-order chi connectivity index (χ0) is 16.7. The quantitative estimate of drug-likeness (QED) is 0.845. The number of aryl methyl sites for hydroxylation is 1. The second kappa shape index (κ2) is 6.14. The topological polar surface area (TPSA) is 53.5 Å². The van der Waals surface area contributed by atoms with Gasteiger partial charge in [-0.2, -0.15) is 0 Å². The second-order valence-electron chi connectivity index (χ2n) is 7.62. The molecule has 1 aromatic rings. The highest BCUT2D eigenvalue weighted by Crippen LogP contribution is 2.43. The van der Waals surface area contributed by atoms with E-state index in [1.165, 1.54) is 24.2 Å². The Kier molecular flexibility index (Phi) is 4.11. The number of rotatable bonds is 3. The lowest BCUT2D eigenvalue weighted by Gasteiger charge is -2.26. The molecule has 130 valence electrons. The molecule has 3 heterocycles. The summed E-state index contributed by atoms with van der Waals surface area (Å²) < 4.78 is 0. The predicted molar refractivity (Wildman–Crippen MR) is 93.0 cm³/mol. The first-order chi connectivity index (χ1) is 11.6. The van der Waals surface area contributed by atoms with Crippen molar-refractivity contribution in [3.63, 3.8) is 0 Å². The van der Waals surface area contributed by atoms with Crippen LogP contribution in [0.5, 0.6) is 0 Å². The van der Waals surface area contributed by atoms with Crippen LogP contribution in [0.2, 0.25) is 0 Å². The Morgan fingerprint density at radius 2 is 2.08 bits per heavy atom. The first kappa shape index (κ1) is 16.1. The van der Waals surface area contributed by atoms with Crippen LogP contribution >= 0.6 is 11.3 Å². The lowest BCUT2D eigenvalue weighted by molar-refractivity contribution is -0.136. The average molecular weight is 347 g/mol. The van der Waals surface area contributed by atoms with Crippen molar-refractivity contribution in [3.05, 3.63) is 16.1 Å². The fourth-order valence-corrected chi connectivity index (χ4v) is 4.75. The third-order valence-electron chi connectivity index (χ3n) is 5.85. The number of amides is 2. The molecule has 1 atom stereocenters. The van der Waals surface area contributed by atoms with Gasteiger partial charge in [0, 0.05) is 31.6 Å². The SMILES string of the molecule is Cc1nc(C(=O)N2CCCC3(CC2)CCN(CC2CC2)C3=O)cs1. The van der Waals surface area contributed by atoms with Crippen molar-refractivity contribution in [2.45, 2.75) is 45.4 Å². The van der Waals surface area contributed by atoms with Crippen LogP contribution in [-0.2, 0) is 4.79 Å². The normalized spacial score (nSPS) is 27.8. The van der Waals surface area contributed by atoms with Gasteiger partial charge in [-0.15, -0.1) is 11.3 Å². The summed E-state index contributed by atoms with van der Waals surface area (Å²) >= 11 is 1.51. The smallest absolute Gasteiger partial charge is 0.273 e. The zero-order valence-electron chi connectivity index (χ0n) is 14.3. The molecular formula is C18H25N3O2S. The number of hydrogen-bond acceptors (Lipinski definition) is 4. The molecule has 1 unspecified atom stereocenters. The van der Waals surface area contributed by atoms with Crippen molar-refractivity contribution in [1.29, 1.82) is 0 Å². The van der Waals surface area contributed by atoms with Gasteiger partial charge in [0.25, 0.3) is 5.91 Å². The van der Waals surface area contributed by atoms with E-state index in [0.717, 1.165) is 56.2 Å². The van der Waals surface area contributed by atoms with Gasteiger partial charge in [-0.1, -0.05) is 0 Å². The van der Waals surface area contributed by atoms with Gasteiger partial charge in [0.05, 0.1) is 10.4 Å². The third kappa shape index (κ3) is 2.96. The van der Waals surface area contributed by atoms with E-state index in [9.17, 15) is 9.59 Å². The first-order valence-electron chi connectivity index (χ1n) is 9.08. The van der Waals surface area contributed by atoms with Crippen LogP contribution in [-0.4, -0.2) is 52.8 Å². The lowest BCUT2D eigenvalue weighted by Crippen LogP contribution is -2.37. The molecule has 1 aromatic heterocycles. The van der Waals surface area contributed by atoms with Gasteiger partial charge in [0.2, 0.25) is 5.91 Å². The van der Waals surface area contributed by atoms with Crippen LogP contribution in [0.25, 0.3) is 0 Å². The van der Waals surface area contributed by atoms with Gasteiger partial charge in [0.15, 0.2) is 0 Å². The Hall–Kier alpha value is -1.43. The highest BCUT2D eigenvalue weighted by atomic mass is 32.1. The van der Waals surface area contributed by atoms with Crippen LogP contribution < -0.4 is 0 Å². The molecule has 3 fully saturated rings. The maximum atomic E-state index is 13.0. The Balaban J connectivity index is 1.42. The number of likely N-dealkylation sites (tertiary alicyclic amines) is 2. The zero-order valence-corrected chi connectivity index (χ0v) is 15.1. The highest BCUT2D eigenvalue weighted by molar-refractivity contribution is 7.09. The minimum atomic E-state index is -0.206. The van der Waals surface area contributed by atoms with E-state index in [1.807, 2.05) is 17.2 Å². The summed E-state index contributed by atoms with van der Waals surface area (Å²) in [5, 5.41) is 2.77. The molecule has 2 amide bonds. The van der Waals surface area contributed by atoms with E-state index in [0.29, 0.717) is 18.1 Å². The van der Waals surface area contributed by atoms with E-state index in [1.54, 1.807) is 0 Å². The minimum Gasteiger partial charge on any atom is -0.342 e. The molecule has 0 N–H and O–H groups in total. The summed E-state index contributed by atoms with van der Waals surface area (Å²) in [4.78, 5) is 33.9. The van der Waals surface area contributed by atoms with Crippen molar-refractivity contribution in [1.82, 2.24) is 14.8 Å². The number of thiazole rings is 1. The lowest BCUT2D eigenvalue weighted by atomic mass is 9.79. The van der Waals surface area contributed by atoms with Crippen molar-refractivity contribution >= 4 is 23.2 Å². The van der Waals surface area contributed by atoms with Crippen LogP contribution in [0.3, 0.4) is 0 Å². The molecular weight excluding hydrogens is 322 g/mol. The molecule has 5 nitrogen and oxygen atoms in total. The molecule has 0 radical (unpaired) electrons. The summed E-state index contributed by atoms with van der Waals surface area (Å²) in [6.45, 7) is 5.21. The summed E-state index contributed by atoms with van der Waals surface area (Å²) in [6.07, 6.45) is 6.18. The molecule has 6 heteroatoms. The van der Waals surface area contributed by atoms with Crippen LogP contribution in [0, 0.1) is 18.3 Å². The fraction of sp³-hybridized carbons (Fsp3) is 0.722. The summed E-state index contributed by atoms with van der Waals surface area (Å²) in [7, 11) is 0. The number of nitrogens with zero attached hydrogens (tertiary/aromatic N) is 3. The van der Waals surface area contributed by atoms with Crippen molar-refractivity contribution in [2.75, 3.05) is 26.2 Å². The van der Waals surface area contributed by atoms with Gasteiger partial charge in [0.1, 0.15) is 5.69 Å². The van der Waals surface area contributed by atoms with E-state index < -0.39 is 0 Å². The summed E-state index contributed by atoms with van der Waals surface area (Å²) in [5.74, 6) is 1.13. The van der Waals surface area contributed by atoms with Crippen molar-refractivity contribution in [3.8, 4) is 0 Å². The number of carbonyl (C=O) groups is 2. The van der Waals surface area contributed by atoms with Crippen LogP contribution in [0.4, 0.5) is 0 Å². The van der Waals surface area contributed by atoms with Gasteiger partial charge in [-0.25, -0.2) is 4.98 Å². The molecule has 4 rings (SSSR count). The van der Waals surface area contributed by atoms with E-state index in [2.05, 4.69) is 9.88 Å². The molecule has 24 heavy (non-hydrogen) atoms. The Labute approximate surface area is 147 Å². The third-order valence-corrected chi connectivity index (χ3v) is 6.62. The number of hydrogen-bond donors (Lipinski definition) is 0. The maximum Gasteiger partial charge on any atom is 0.273 e. The predicted octanol–water partition coefficient (Wildman–Crippen LogP) is 2.71. The minimum absolute atomic E-state index is 0.0247. The van der Waals surface area contributed by atoms with Crippen LogP contribution in [0.1, 0.15) is 54.0 Å². The standard InChI is InChI=1S/C18H25N3O2S/c1-13-19-15(12-24-13)16(22)20-8-2-5-18(6-9-20)7-10-21(17(18)23)11-14-3-4-14/h12,14H,2-11H2,1H3. The summed E-state index contributed by atoms with van der Waals surface area (Å²) in [6, 6.07) is 0. The van der Waals surface area contributed by atoms with E-state index in [-0.39, 0.29) is 11.3 Å². The maximum absolute atomic E-state index is 13.0. The number of aromatic nitrogens is 1. The Bertz CT molecular complexity index is 654. The number of carbonyl (C=O) groups excluding carboxylic acids is 2. The fourth-order valence-electron chi connectivity index (χ4n) is 4.16. The molecule has 0 bridgehead atoms. The Morgan fingerprint density at radius 3 is 2.79 bits per heavy atom. The van der Waals surface area contributed by atoms with E-state index >= 15 is 0 Å². The average Bonchev–Trinajstić information content (AvgIpc) is 3.26. The monoisotopic (exact) mass is 347 g/mol. The molecule has 3 aliphatic rings. The van der Waals surface area contributed by atoms with Gasteiger partial charge in [-0.05, 0) is 51.4 Å². The highest BCUT2D eigenvalue weighted by Gasteiger charge is 2.48. The summed E-state index contributed by atoms with van der Waals surface area (Å²) in [5.41, 5.74) is 0.351. The molecule has 2 saturated heterocycles. The molecule has 1 saturated carbocycles. The molecule has 0 aromatic carbocycles. The van der Waals surface area contributed by atoms with Crippen molar-refractivity contribution in [2.24, 2.45) is 11.3 Å². The first-order valence-corrected chi connectivity index (χ1v) is 9.96. The van der Waals surface area contributed by atoms with Gasteiger partial charge >= 0.3 is 0 Å². The second-order valence-corrected chi connectivity index (χ2v) is 8.68. The van der Waals surface area contributed by atoms with Crippen molar-refractivity contribution < 1.29 is 9.59 Å². The molecule has 1 spiro atoms. The largest absolute Gasteiger partial charge is 0.342 e. The Morgan fingerprint density at radius 1 is 1.29 bits per heavy atom. The molecule has 2 aliphatic heterocycles. The molecule has 1 aliphatic carbocycles. The van der Waals surface area contributed by atoms with E-state index in [4.69, 9.17) is 0 Å². The van der Waals surface area contributed by atoms with Gasteiger partial charge in [-0.3, -0.25) is 9.59 Å². The van der Waals surface area contributed by atoms with Gasteiger partial charge < -0.3 is 9.80 Å². The van der Waals surface area contributed by atoms with Crippen LogP contribution in [0.15, 0.2) is 5.38 Å².